The van der Waals surface area contributed by atoms with Crippen LogP contribution in [0, 0.1) is 11.8 Å². The number of likely N-dealkylation sites (N-methyl/N-ethyl adjacent to an activating group) is 1. The van der Waals surface area contributed by atoms with Crippen LogP contribution in [0.15, 0.2) is 0 Å². The molecule has 0 aromatic rings. The first-order chi connectivity index (χ1) is 7.96. The van der Waals surface area contributed by atoms with E-state index in [0.29, 0.717) is 12.0 Å². The van der Waals surface area contributed by atoms with E-state index in [9.17, 15) is 5.11 Å². The van der Waals surface area contributed by atoms with E-state index in [2.05, 4.69) is 32.7 Å². The monoisotopic (exact) mass is 242 g/mol. The lowest BCUT2D eigenvalue weighted by Gasteiger charge is -2.47. The molecule has 0 spiro atoms. The lowest BCUT2D eigenvalue weighted by atomic mass is 9.75. The highest BCUT2D eigenvalue weighted by Gasteiger charge is 2.36. The zero-order valence-electron chi connectivity index (χ0n) is 11.9. The van der Waals surface area contributed by atoms with Crippen LogP contribution in [0.4, 0.5) is 0 Å². The fourth-order valence-electron chi connectivity index (χ4n) is 2.97. The van der Waals surface area contributed by atoms with Crippen molar-refractivity contribution in [1.29, 1.82) is 0 Å². The van der Waals surface area contributed by atoms with E-state index in [0.717, 1.165) is 12.5 Å². The number of nitrogens with zero attached hydrogens (tertiary/aromatic N) is 1. The van der Waals surface area contributed by atoms with Crippen LogP contribution in [-0.2, 0) is 0 Å². The maximum atomic E-state index is 9.50. The Hall–Kier alpha value is -0.120. The van der Waals surface area contributed by atoms with Crippen molar-refractivity contribution in [3.63, 3.8) is 0 Å². The highest BCUT2D eigenvalue weighted by atomic mass is 16.3. The number of rotatable bonds is 5. The second-order valence-electron chi connectivity index (χ2n) is 6.23. The summed E-state index contributed by atoms with van der Waals surface area (Å²) in [5.74, 6) is 1.42. The molecule has 0 radical (unpaired) electrons. The molecule has 1 aliphatic carbocycles. The lowest BCUT2D eigenvalue weighted by molar-refractivity contribution is -0.00137. The molecule has 1 aliphatic rings. The maximum absolute atomic E-state index is 9.50. The smallest absolute Gasteiger partial charge is 0.0610 e. The van der Waals surface area contributed by atoms with E-state index in [4.69, 9.17) is 5.73 Å². The van der Waals surface area contributed by atoms with Gasteiger partial charge >= 0.3 is 0 Å². The average Bonchev–Trinajstić information content (AvgIpc) is 2.36. The molecule has 3 heteroatoms. The SMILES string of the molecule is CCC1CCC(CN)C(N(C)C(C)(C)CO)C1. The Balaban J connectivity index is 2.75. The molecule has 0 amide bonds. The summed E-state index contributed by atoms with van der Waals surface area (Å²) in [6, 6.07) is 0.529. The second kappa shape index (κ2) is 6.17. The molecule has 0 saturated heterocycles. The quantitative estimate of drug-likeness (QED) is 0.773. The molecule has 17 heavy (non-hydrogen) atoms. The molecule has 102 valence electrons. The van der Waals surface area contributed by atoms with E-state index in [1.165, 1.54) is 25.7 Å². The van der Waals surface area contributed by atoms with Gasteiger partial charge in [0, 0.05) is 11.6 Å². The maximum Gasteiger partial charge on any atom is 0.0610 e. The minimum absolute atomic E-state index is 0.145. The molecule has 3 atom stereocenters. The zero-order valence-corrected chi connectivity index (χ0v) is 11.9. The topological polar surface area (TPSA) is 49.5 Å². The Morgan fingerprint density at radius 1 is 1.35 bits per heavy atom. The largest absolute Gasteiger partial charge is 0.394 e. The number of aliphatic hydroxyl groups excluding tert-OH is 1. The Kier molecular flexibility index (Phi) is 5.42. The van der Waals surface area contributed by atoms with E-state index in [1.54, 1.807) is 0 Å². The van der Waals surface area contributed by atoms with Crippen LogP contribution >= 0.6 is 0 Å². The van der Waals surface area contributed by atoms with Gasteiger partial charge in [-0.2, -0.15) is 0 Å². The van der Waals surface area contributed by atoms with Crippen LogP contribution in [0.25, 0.3) is 0 Å². The Labute approximate surface area is 106 Å². The molecule has 1 saturated carbocycles. The molecule has 1 rings (SSSR count). The predicted molar refractivity (Wildman–Crippen MR) is 72.9 cm³/mol. The van der Waals surface area contributed by atoms with Crippen LogP contribution in [-0.4, -0.2) is 41.8 Å². The molecule has 3 nitrogen and oxygen atoms in total. The van der Waals surface area contributed by atoms with Gasteiger partial charge in [-0.25, -0.2) is 0 Å². The van der Waals surface area contributed by atoms with Gasteiger partial charge in [-0.05, 0) is 52.1 Å². The molecule has 3 unspecified atom stereocenters. The molecule has 0 aromatic heterocycles. The Morgan fingerprint density at radius 3 is 2.47 bits per heavy atom. The van der Waals surface area contributed by atoms with Gasteiger partial charge in [0.1, 0.15) is 0 Å². The van der Waals surface area contributed by atoms with Crippen molar-refractivity contribution in [3.8, 4) is 0 Å². The lowest BCUT2D eigenvalue weighted by Crippen LogP contribution is -2.55. The standard InChI is InChI=1S/C14H30N2O/c1-5-11-6-7-12(9-15)13(8-11)16(4)14(2,3)10-17/h11-13,17H,5-10,15H2,1-4H3. The van der Waals surface area contributed by atoms with Crippen LogP contribution in [0.5, 0.6) is 0 Å². The molecular weight excluding hydrogens is 212 g/mol. The highest BCUT2D eigenvalue weighted by molar-refractivity contribution is 4.91. The van der Waals surface area contributed by atoms with Gasteiger partial charge in [-0.1, -0.05) is 19.8 Å². The summed E-state index contributed by atoms with van der Waals surface area (Å²) in [4.78, 5) is 2.35. The van der Waals surface area contributed by atoms with Gasteiger partial charge < -0.3 is 10.8 Å². The first kappa shape index (κ1) is 14.9. The van der Waals surface area contributed by atoms with Gasteiger partial charge in [0.2, 0.25) is 0 Å². The van der Waals surface area contributed by atoms with Crippen molar-refractivity contribution in [3.05, 3.63) is 0 Å². The molecule has 0 aromatic carbocycles. The van der Waals surface area contributed by atoms with Gasteiger partial charge in [-0.15, -0.1) is 0 Å². The molecule has 0 heterocycles. The summed E-state index contributed by atoms with van der Waals surface area (Å²) in [6.07, 6.45) is 5.06. The minimum Gasteiger partial charge on any atom is -0.394 e. The fourth-order valence-corrected chi connectivity index (χ4v) is 2.97. The van der Waals surface area contributed by atoms with Crippen LogP contribution < -0.4 is 5.73 Å². The van der Waals surface area contributed by atoms with Crippen molar-refractivity contribution in [2.45, 2.75) is 58.0 Å². The molecule has 1 fully saturated rings. The van der Waals surface area contributed by atoms with E-state index in [1.807, 2.05) is 0 Å². The van der Waals surface area contributed by atoms with E-state index >= 15 is 0 Å². The third kappa shape index (κ3) is 3.43. The van der Waals surface area contributed by atoms with Gasteiger partial charge in [-0.3, -0.25) is 4.90 Å². The summed E-state index contributed by atoms with van der Waals surface area (Å²) >= 11 is 0. The third-order valence-corrected chi connectivity index (χ3v) is 4.78. The second-order valence-corrected chi connectivity index (χ2v) is 6.23. The highest BCUT2D eigenvalue weighted by Crippen LogP contribution is 2.35. The molecular formula is C14H30N2O. The summed E-state index contributed by atoms with van der Waals surface area (Å²) in [7, 11) is 2.14. The van der Waals surface area contributed by atoms with Crippen molar-refractivity contribution in [2.24, 2.45) is 17.6 Å². The number of hydrogen-bond donors (Lipinski definition) is 2. The third-order valence-electron chi connectivity index (χ3n) is 4.78. The molecule has 0 aliphatic heterocycles. The van der Waals surface area contributed by atoms with Crippen molar-refractivity contribution < 1.29 is 5.11 Å². The van der Waals surface area contributed by atoms with Gasteiger partial charge in [0.05, 0.1) is 6.61 Å². The number of aliphatic hydroxyl groups is 1. The minimum atomic E-state index is -0.145. The normalized spacial score (nSPS) is 30.9. The van der Waals surface area contributed by atoms with E-state index in [-0.39, 0.29) is 12.1 Å². The van der Waals surface area contributed by atoms with Crippen LogP contribution in [0.3, 0.4) is 0 Å². The zero-order chi connectivity index (χ0) is 13.1. The summed E-state index contributed by atoms with van der Waals surface area (Å²) in [5, 5.41) is 9.50. The predicted octanol–water partition coefficient (Wildman–Crippen LogP) is 1.84. The van der Waals surface area contributed by atoms with Gasteiger partial charge in [0.25, 0.3) is 0 Å². The average molecular weight is 242 g/mol. The Bertz CT molecular complexity index is 230. The van der Waals surface area contributed by atoms with Crippen LogP contribution in [0.1, 0.15) is 46.5 Å². The summed E-state index contributed by atoms with van der Waals surface area (Å²) in [5.41, 5.74) is 5.77. The van der Waals surface area contributed by atoms with Crippen LogP contribution in [0.2, 0.25) is 0 Å². The van der Waals surface area contributed by atoms with Crippen molar-refractivity contribution >= 4 is 0 Å². The fraction of sp³-hybridized carbons (Fsp3) is 1.00. The summed E-state index contributed by atoms with van der Waals surface area (Å²) in [6.45, 7) is 7.47. The first-order valence-electron chi connectivity index (χ1n) is 7.00. The number of hydrogen-bond acceptors (Lipinski definition) is 3. The summed E-state index contributed by atoms with van der Waals surface area (Å²) < 4.78 is 0. The molecule has 0 bridgehead atoms. The first-order valence-corrected chi connectivity index (χ1v) is 7.00. The van der Waals surface area contributed by atoms with Gasteiger partial charge in [0.15, 0.2) is 0 Å². The molecule has 3 N–H and O–H groups in total. The van der Waals surface area contributed by atoms with E-state index < -0.39 is 0 Å². The number of nitrogens with two attached hydrogens (primary N) is 1. The Morgan fingerprint density at radius 2 is 2.00 bits per heavy atom. The van der Waals surface area contributed by atoms with Crippen molar-refractivity contribution in [1.82, 2.24) is 4.90 Å². The van der Waals surface area contributed by atoms with Crippen molar-refractivity contribution in [2.75, 3.05) is 20.2 Å².